The van der Waals surface area contributed by atoms with Gasteiger partial charge in [0.05, 0.1) is 0 Å². The van der Waals surface area contributed by atoms with Crippen molar-refractivity contribution in [2.24, 2.45) is 0 Å². The molecule has 2 aromatic rings. The van der Waals surface area contributed by atoms with Crippen molar-refractivity contribution in [3.63, 3.8) is 0 Å². The van der Waals surface area contributed by atoms with E-state index < -0.39 is 6.04 Å². The molecule has 2 atom stereocenters. The first-order valence-corrected chi connectivity index (χ1v) is 10.3. The van der Waals surface area contributed by atoms with Gasteiger partial charge in [-0.2, -0.15) is 0 Å². The molecule has 0 unspecified atom stereocenters. The molecule has 1 N–H and O–H groups in total. The van der Waals surface area contributed by atoms with E-state index in [0.29, 0.717) is 18.7 Å². The van der Waals surface area contributed by atoms with Gasteiger partial charge in [0.2, 0.25) is 5.91 Å². The molecule has 0 aliphatic heterocycles. The highest BCUT2D eigenvalue weighted by Gasteiger charge is 2.29. The third-order valence-corrected chi connectivity index (χ3v) is 4.97. The van der Waals surface area contributed by atoms with Crippen molar-refractivity contribution in [2.75, 3.05) is 6.61 Å². The monoisotopic (exact) mass is 396 g/mol. The molecule has 5 heteroatoms. The lowest BCUT2D eigenvalue weighted by atomic mass is 10.1. The smallest absolute Gasteiger partial charge is 0.261 e. The first-order valence-electron chi connectivity index (χ1n) is 10.3. The number of aryl methyl sites for hydroxylation is 1. The van der Waals surface area contributed by atoms with Gasteiger partial charge in [0, 0.05) is 12.6 Å². The van der Waals surface area contributed by atoms with Crippen LogP contribution in [0.15, 0.2) is 54.6 Å². The molecule has 5 nitrogen and oxygen atoms in total. The Bertz CT molecular complexity index is 774. The van der Waals surface area contributed by atoms with Gasteiger partial charge in [-0.25, -0.2) is 0 Å². The van der Waals surface area contributed by atoms with Crippen LogP contribution in [0.5, 0.6) is 5.75 Å². The number of hydrogen-bond donors (Lipinski definition) is 1. The number of amides is 2. The SMILES string of the molecule is CC[C@H](C)NC(=O)[C@H](CC)N(Cc1ccccc1)C(=O)COc1ccc(C)cc1. The molecule has 0 heterocycles. The summed E-state index contributed by atoms with van der Waals surface area (Å²) in [5.41, 5.74) is 2.10. The van der Waals surface area contributed by atoms with Crippen LogP contribution in [0.3, 0.4) is 0 Å². The number of carbonyl (C=O) groups is 2. The molecule has 2 aromatic carbocycles. The second-order valence-corrected chi connectivity index (χ2v) is 7.35. The van der Waals surface area contributed by atoms with Crippen molar-refractivity contribution in [1.29, 1.82) is 0 Å². The summed E-state index contributed by atoms with van der Waals surface area (Å²) in [6, 6.07) is 16.8. The van der Waals surface area contributed by atoms with Crippen molar-refractivity contribution < 1.29 is 14.3 Å². The van der Waals surface area contributed by atoms with Gasteiger partial charge in [0.15, 0.2) is 6.61 Å². The topological polar surface area (TPSA) is 58.6 Å². The summed E-state index contributed by atoms with van der Waals surface area (Å²) in [4.78, 5) is 27.5. The van der Waals surface area contributed by atoms with Gasteiger partial charge in [-0.1, -0.05) is 61.9 Å². The van der Waals surface area contributed by atoms with Gasteiger partial charge in [-0.3, -0.25) is 9.59 Å². The molecule has 0 radical (unpaired) electrons. The molecule has 0 saturated heterocycles. The van der Waals surface area contributed by atoms with E-state index in [1.165, 1.54) is 0 Å². The quantitative estimate of drug-likeness (QED) is 0.658. The highest BCUT2D eigenvalue weighted by atomic mass is 16.5. The fourth-order valence-electron chi connectivity index (χ4n) is 3.00. The molecule has 29 heavy (non-hydrogen) atoms. The summed E-state index contributed by atoms with van der Waals surface area (Å²) in [6.45, 7) is 8.17. The van der Waals surface area contributed by atoms with Crippen molar-refractivity contribution in [3.8, 4) is 5.75 Å². The van der Waals surface area contributed by atoms with Crippen LogP contribution in [0.4, 0.5) is 0 Å². The van der Waals surface area contributed by atoms with Crippen LogP contribution in [0, 0.1) is 6.92 Å². The Morgan fingerprint density at radius 1 is 1.00 bits per heavy atom. The molecule has 0 spiro atoms. The molecule has 0 aliphatic carbocycles. The lowest BCUT2D eigenvalue weighted by molar-refractivity contribution is -0.143. The molecule has 156 valence electrons. The van der Waals surface area contributed by atoms with Crippen molar-refractivity contribution in [3.05, 3.63) is 65.7 Å². The van der Waals surface area contributed by atoms with Gasteiger partial charge in [-0.05, 0) is 44.4 Å². The minimum atomic E-state index is -0.543. The maximum absolute atomic E-state index is 13.1. The number of nitrogens with one attached hydrogen (secondary N) is 1. The molecular formula is C24H32N2O3. The Morgan fingerprint density at radius 2 is 1.66 bits per heavy atom. The molecule has 0 aromatic heterocycles. The van der Waals surface area contributed by atoms with Crippen LogP contribution >= 0.6 is 0 Å². The maximum atomic E-state index is 13.1. The largest absolute Gasteiger partial charge is 0.484 e. The zero-order valence-electron chi connectivity index (χ0n) is 17.9. The second-order valence-electron chi connectivity index (χ2n) is 7.35. The normalized spacial score (nSPS) is 12.7. The highest BCUT2D eigenvalue weighted by Crippen LogP contribution is 2.15. The predicted octanol–water partition coefficient (Wildman–Crippen LogP) is 4.10. The lowest BCUT2D eigenvalue weighted by Crippen LogP contribution is -2.51. The average Bonchev–Trinajstić information content (AvgIpc) is 2.73. The minimum absolute atomic E-state index is 0.0639. The number of benzene rings is 2. The van der Waals surface area contributed by atoms with E-state index in [9.17, 15) is 9.59 Å². The molecule has 0 saturated carbocycles. The number of ether oxygens (including phenoxy) is 1. The highest BCUT2D eigenvalue weighted by molar-refractivity contribution is 5.88. The number of hydrogen-bond acceptors (Lipinski definition) is 3. The molecule has 0 bridgehead atoms. The lowest BCUT2D eigenvalue weighted by Gasteiger charge is -2.31. The van der Waals surface area contributed by atoms with E-state index in [1.54, 1.807) is 4.90 Å². The van der Waals surface area contributed by atoms with Crippen LogP contribution in [0.1, 0.15) is 44.7 Å². The Balaban J connectivity index is 2.16. The number of rotatable bonds is 10. The van der Waals surface area contributed by atoms with E-state index in [1.807, 2.05) is 82.3 Å². The van der Waals surface area contributed by atoms with Crippen molar-refractivity contribution in [1.82, 2.24) is 10.2 Å². The van der Waals surface area contributed by atoms with Gasteiger partial charge >= 0.3 is 0 Å². The van der Waals surface area contributed by atoms with Crippen molar-refractivity contribution >= 4 is 11.8 Å². The molecule has 2 rings (SSSR count). The fourth-order valence-corrected chi connectivity index (χ4v) is 3.00. The van der Waals surface area contributed by atoms with Crippen LogP contribution in [0.25, 0.3) is 0 Å². The van der Waals surface area contributed by atoms with E-state index in [-0.39, 0.29) is 24.5 Å². The standard InChI is InChI=1S/C24H32N2O3/c1-5-19(4)25-24(28)22(6-2)26(16-20-10-8-7-9-11-20)23(27)17-29-21-14-12-18(3)13-15-21/h7-15,19,22H,5-6,16-17H2,1-4H3,(H,25,28)/t19-,22-/m0/s1. The Labute approximate surface area is 174 Å². The Kier molecular flexibility index (Phi) is 8.71. The summed E-state index contributed by atoms with van der Waals surface area (Å²) >= 11 is 0. The van der Waals surface area contributed by atoms with Crippen LogP contribution in [-0.4, -0.2) is 35.4 Å². The van der Waals surface area contributed by atoms with Crippen LogP contribution < -0.4 is 10.1 Å². The molecular weight excluding hydrogens is 364 g/mol. The molecule has 0 fully saturated rings. The van der Waals surface area contributed by atoms with Gasteiger partial charge in [0.1, 0.15) is 11.8 Å². The van der Waals surface area contributed by atoms with E-state index in [2.05, 4.69) is 5.32 Å². The predicted molar refractivity (Wildman–Crippen MR) is 116 cm³/mol. The number of nitrogens with zero attached hydrogens (tertiary/aromatic N) is 1. The Hall–Kier alpha value is -2.82. The van der Waals surface area contributed by atoms with Crippen LogP contribution in [-0.2, 0) is 16.1 Å². The zero-order chi connectivity index (χ0) is 21.2. The van der Waals surface area contributed by atoms with Crippen LogP contribution in [0.2, 0.25) is 0 Å². The van der Waals surface area contributed by atoms with Gasteiger partial charge in [-0.15, -0.1) is 0 Å². The third kappa shape index (κ3) is 6.93. The second kappa shape index (κ2) is 11.2. The summed E-state index contributed by atoms with van der Waals surface area (Å²) in [5.74, 6) is 0.308. The van der Waals surface area contributed by atoms with Gasteiger partial charge in [0.25, 0.3) is 5.91 Å². The summed E-state index contributed by atoms with van der Waals surface area (Å²) in [5, 5.41) is 3.01. The summed E-state index contributed by atoms with van der Waals surface area (Å²) in [7, 11) is 0. The molecule has 2 amide bonds. The first-order chi connectivity index (χ1) is 13.9. The van der Waals surface area contributed by atoms with E-state index >= 15 is 0 Å². The van der Waals surface area contributed by atoms with E-state index in [4.69, 9.17) is 4.74 Å². The zero-order valence-corrected chi connectivity index (χ0v) is 17.9. The summed E-state index contributed by atoms with van der Waals surface area (Å²) in [6.07, 6.45) is 1.37. The third-order valence-electron chi connectivity index (χ3n) is 4.97. The Morgan fingerprint density at radius 3 is 2.24 bits per heavy atom. The van der Waals surface area contributed by atoms with Crippen molar-refractivity contribution in [2.45, 2.75) is 59.2 Å². The summed E-state index contributed by atoms with van der Waals surface area (Å²) < 4.78 is 5.70. The fraction of sp³-hybridized carbons (Fsp3) is 0.417. The first kappa shape index (κ1) is 22.5. The average molecular weight is 397 g/mol. The molecule has 0 aliphatic rings. The van der Waals surface area contributed by atoms with E-state index in [0.717, 1.165) is 17.5 Å². The minimum Gasteiger partial charge on any atom is -0.484 e. The number of carbonyl (C=O) groups excluding carboxylic acids is 2. The maximum Gasteiger partial charge on any atom is 0.261 e. The van der Waals surface area contributed by atoms with Gasteiger partial charge < -0.3 is 15.0 Å².